The van der Waals surface area contributed by atoms with Crippen molar-refractivity contribution >= 4 is 23.2 Å². The van der Waals surface area contributed by atoms with Crippen molar-refractivity contribution in [2.75, 3.05) is 0 Å². The molecule has 92 valence electrons. The molecule has 0 aromatic heterocycles. The van der Waals surface area contributed by atoms with Gasteiger partial charge in [-0.25, -0.2) is 0 Å². The maximum absolute atomic E-state index is 8.71. The van der Waals surface area contributed by atoms with Crippen molar-refractivity contribution in [2.24, 2.45) is 0 Å². The molecule has 1 aromatic carbocycles. The minimum Gasteiger partial charge on any atom is -0.306 e. The summed E-state index contributed by atoms with van der Waals surface area (Å²) >= 11 is 12.1. The van der Waals surface area contributed by atoms with Gasteiger partial charge in [-0.1, -0.05) is 42.3 Å². The van der Waals surface area contributed by atoms with Crippen molar-refractivity contribution in [3.63, 3.8) is 0 Å². The average molecular weight is 271 g/mol. The van der Waals surface area contributed by atoms with Crippen LogP contribution in [0.3, 0.4) is 0 Å². The molecule has 0 saturated heterocycles. The van der Waals surface area contributed by atoms with Gasteiger partial charge in [-0.15, -0.1) is 0 Å². The molecule has 0 bridgehead atoms. The molecule has 0 spiro atoms. The van der Waals surface area contributed by atoms with Crippen LogP contribution in [0.25, 0.3) is 0 Å². The lowest BCUT2D eigenvalue weighted by Crippen LogP contribution is -2.30. The third-order valence-electron chi connectivity index (χ3n) is 2.76. The molecule has 4 heteroatoms. The summed E-state index contributed by atoms with van der Waals surface area (Å²) in [6, 6.07) is 8.05. The molecule has 1 aromatic rings. The number of halogens is 2. The molecule has 2 atom stereocenters. The van der Waals surface area contributed by atoms with Crippen molar-refractivity contribution in [2.45, 2.75) is 38.8 Å². The maximum Gasteiger partial charge on any atom is 0.0639 e. The van der Waals surface area contributed by atoms with Crippen molar-refractivity contribution in [1.29, 1.82) is 5.26 Å². The van der Waals surface area contributed by atoms with Crippen LogP contribution < -0.4 is 5.32 Å². The topological polar surface area (TPSA) is 35.8 Å². The average Bonchev–Trinajstić information content (AvgIpc) is 2.31. The lowest BCUT2D eigenvalue weighted by atomic mass is 10.1. The summed E-state index contributed by atoms with van der Waals surface area (Å²) in [6.07, 6.45) is 1.41. The second-order valence-electron chi connectivity index (χ2n) is 4.00. The minimum atomic E-state index is 0.0829. The van der Waals surface area contributed by atoms with Gasteiger partial charge in [0.25, 0.3) is 0 Å². The summed E-state index contributed by atoms with van der Waals surface area (Å²) in [5.41, 5.74) is 0.968. The number of benzene rings is 1. The van der Waals surface area contributed by atoms with Crippen LogP contribution in [0.1, 0.15) is 38.3 Å². The van der Waals surface area contributed by atoms with E-state index in [4.69, 9.17) is 28.5 Å². The van der Waals surface area contributed by atoms with Crippen LogP contribution in [0.2, 0.25) is 10.0 Å². The van der Waals surface area contributed by atoms with Crippen LogP contribution >= 0.6 is 23.2 Å². The molecule has 1 rings (SSSR count). The fourth-order valence-corrected chi connectivity index (χ4v) is 2.20. The Morgan fingerprint density at radius 3 is 2.71 bits per heavy atom. The molecule has 0 aliphatic heterocycles. The lowest BCUT2D eigenvalue weighted by molar-refractivity contribution is 0.448. The van der Waals surface area contributed by atoms with E-state index in [9.17, 15) is 0 Å². The standard InChI is InChI=1S/C13H16Cl2N2/c1-3-10(7-8-16)17-9(2)11-5-4-6-12(14)13(11)15/h4-6,9-10,17H,3,7H2,1-2H3. The van der Waals surface area contributed by atoms with Crippen molar-refractivity contribution in [3.05, 3.63) is 33.8 Å². The predicted molar refractivity (Wildman–Crippen MR) is 72.3 cm³/mol. The monoisotopic (exact) mass is 270 g/mol. The van der Waals surface area contributed by atoms with Crippen LogP contribution in [0.4, 0.5) is 0 Å². The highest BCUT2D eigenvalue weighted by Crippen LogP contribution is 2.30. The maximum atomic E-state index is 8.71. The van der Waals surface area contributed by atoms with Gasteiger partial charge in [0.15, 0.2) is 0 Å². The number of nitrogens with one attached hydrogen (secondary N) is 1. The fraction of sp³-hybridized carbons (Fsp3) is 0.462. The fourth-order valence-electron chi connectivity index (χ4n) is 1.73. The summed E-state index contributed by atoms with van der Waals surface area (Å²) in [5.74, 6) is 0. The second-order valence-corrected chi connectivity index (χ2v) is 4.78. The second kappa shape index (κ2) is 6.86. The van der Waals surface area contributed by atoms with Gasteiger partial charge in [-0.3, -0.25) is 0 Å². The summed E-state index contributed by atoms with van der Waals surface area (Å²) in [6.45, 7) is 4.08. The predicted octanol–water partition coefficient (Wildman–Crippen LogP) is 4.34. The van der Waals surface area contributed by atoms with Gasteiger partial charge < -0.3 is 5.32 Å². The van der Waals surface area contributed by atoms with Crippen LogP contribution in [-0.4, -0.2) is 6.04 Å². The van der Waals surface area contributed by atoms with Gasteiger partial charge in [0.05, 0.1) is 22.5 Å². The summed E-state index contributed by atoms with van der Waals surface area (Å²) in [5, 5.41) is 13.2. The first-order chi connectivity index (χ1) is 8.10. The number of rotatable bonds is 5. The third-order valence-corrected chi connectivity index (χ3v) is 3.60. The van der Waals surface area contributed by atoms with Crippen molar-refractivity contribution < 1.29 is 0 Å². The number of hydrogen-bond acceptors (Lipinski definition) is 2. The third kappa shape index (κ3) is 3.89. The molecule has 0 saturated carbocycles. The molecule has 17 heavy (non-hydrogen) atoms. The van der Waals surface area contributed by atoms with E-state index in [1.165, 1.54) is 0 Å². The molecule has 0 amide bonds. The van der Waals surface area contributed by atoms with E-state index in [1.54, 1.807) is 6.07 Å². The lowest BCUT2D eigenvalue weighted by Gasteiger charge is -2.21. The molecule has 0 aliphatic rings. The van der Waals surface area contributed by atoms with Crippen LogP contribution in [0.5, 0.6) is 0 Å². The van der Waals surface area contributed by atoms with Crippen LogP contribution in [-0.2, 0) is 0 Å². The Morgan fingerprint density at radius 1 is 1.41 bits per heavy atom. The van der Waals surface area contributed by atoms with E-state index in [-0.39, 0.29) is 12.1 Å². The smallest absolute Gasteiger partial charge is 0.0639 e. The summed E-state index contributed by atoms with van der Waals surface area (Å²) in [4.78, 5) is 0. The Morgan fingerprint density at radius 2 is 2.12 bits per heavy atom. The van der Waals surface area contributed by atoms with Crippen molar-refractivity contribution in [1.82, 2.24) is 5.32 Å². The molecular weight excluding hydrogens is 255 g/mol. The molecule has 0 aliphatic carbocycles. The molecule has 2 unspecified atom stereocenters. The first-order valence-corrected chi connectivity index (χ1v) is 6.42. The Bertz CT molecular complexity index is 412. The largest absolute Gasteiger partial charge is 0.306 e. The Kier molecular flexibility index (Phi) is 5.77. The van der Waals surface area contributed by atoms with Gasteiger partial charge in [0.1, 0.15) is 0 Å². The zero-order chi connectivity index (χ0) is 12.8. The van der Waals surface area contributed by atoms with Crippen molar-refractivity contribution in [3.8, 4) is 6.07 Å². The summed E-state index contributed by atoms with van der Waals surface area (Å²) in [7, 11) is 0. The summed E-state index contributed by atoms with van der Waals surface area (Å²) < 4.78 is 0. The van der Waals surface area contributed by atoms with E-state index in [2.05, 4.69) is 18.3 Å². The van der Waals surface area contributed by atoms with Gasteiger partial charge in [-0.2, -0.15) is 5.26 Å². The van der Waals surface area contributed by atoms with E-state index in [0.29, 0.717) is 16.5 Å². The minimum absolute atomic E-state index is 0.0829. The van der Waals surface area contributed by atoms with Gasteiger partial charge in [0.2, 0.25) is 0 Å². The Balaban J connectivity index is 2.79. The zero-order valence-electron chi connectivity index (χ0n) is 10.0. The number of hydrogen-bond donors (Lipinski definition) is 1. The number of nitrogens with zero attached hydrogens (tertiary/aromatic N) is 1. The highest BCUT2D eigenvalue weighted by atomic mass is 35.5. The van der Waals surface area contributed by atoms with E-state index < -0.39 is 0 Å². The van der Waals surface area contributed by atoms with Gasteiger partial charge in [-0.05, 0) is 25.0 Å². The normalized spacial score (nSPS) is 14.1. The van der Waals surface area contributed by atoms with Gasteiger partial charge in [0, 0.05) is 12.1 Å². The van der Waals surface area contributed by atoms with Crippen LogP contribution in [0, 0.1) is 11.3 Å². The molecule has 0 heterocycles. The van der Waals surface area contributed by atoms with E-state index in [1.807, 2.05) is 19.1 Å². The molecular formula is C13H16Cl2N2. The highest BCUT2D eigenvalue weighted by Gasteiger charge is 2.15. The molecule has 2 nitrogen and oxygen atoms in total. The molecule has 1 N–H and O–H groups in total. The SMILES string of the molecule is CCC(CC#N)NC(C)c1cccc(Cl)c1Cl. The van der Waals surface area contributed by atoms with Crippen LogP contribution in [0.15, 0.2) is 18.2 Å². The highest BCUT2D eigenvalue weighted by molar-refractivity contribution is 6.42. The zero-order valence-corrected chi connectivity index (χ0v) is 11.5. The Labute approximate surface area is 113 Å². The molecule has 0 radical (unpaired) electrons. The Hall–Kier alpha value is -0.750. The first kappa shape index (κ1) is 14.3. The number of nitriles is 1. The molecule has 0 fully saturated rings. The quantitative estimate of drug-likeness (QED) is 0.864. The van der Waals surface area contributed by atoms with E-state index in [0.717, 1.165) is 12.0 Å². The van der Waals surface area contributed by atoms with E-state index >= 15 is 0 Å². The van der Waals surface area contributed by atoms with Gasteiger partial charge >= 0.3 is 0 Å². The first-order valence-electron chi connectivity index (χ1n) is 5.67.